The van der Waals surface area contributed by atoms with Crippen molar-refractivity contribution in [1.82, 2.24) is 4.90 Å². The van der Waals surface area contributed by atoms with Crippen molar-refractivity contribution in [3.8, 4) is 5.75 Å². The Labute approximate surface area is 166 Å². The molecule has 2 fully saturated rings. The predicted octanol–water partition coefficient (Wildman–Crippen LogP) is 5.02. The van der Waals surface area contributed by atoms with Gasteiger partial charge in [-0.05, 0) is 56.1 Å². The number of phenolic OH excluding ortho intramolecular Hbond substituents is 1. The van der Waals surface area contributed by atoms with Crippen molar-refractivity contribution in [1.29, 1.82) is 0 Å². The van der Waals surface area contributed by atoms with Gasteiger partial charge in [0, 0.05) is 30.1 Å². The molecule has 28 heavy (non-hydrogen) atoms. The van der Waals surface area contributed by atoms with E-state index in [0.717, 1.165) is 18.5 Å². The van der Waals surface area contributed by atoms with Gasteiger partial charge in [0.05, 0.1) is 6.61 Å². The third-order valence-corrected chi connectivity index (χ3v) is 6.48. The number of furan rings is 1. The van der Waals surface area contributed by atoms with Crippen molar-refractivity contribution in [3.63, 3.8) is 0 Å². The van der Waals surface area contributed by atoms with E-state index in [2.05, 4.69) is 25.7 Å². The van der Waals surface area contributed by atoms with Crippen LogP contribution in [0.15, 0.2) is 16.5 Å². The van der Waals surface area contributed by atoms with Crippen molar-refractivity contribution in [3.05, 3.63) is 29.0 Å². The Bertz CT molecular complexity index is 928. The highest BCUT2D eigenvalue weighted by atomic mass is 16.5. The Hall–Kier alpha value is -2.01. The smallest absolute Gasteiger partial charge is 0.342 e. The number of ether oxygens (including phenoxy) is 1. The summed E-state index contributed by atoms with van der Waals surface area (Å²) in [7, 11) is 0. The first-order valence-corrected chi connectivity index (χ1v) is 10.3. The van der Waals surface area contributed by atoms with Crippen LogP contribution in [0.1, 0.15) is 68.6 Å². The highest BCUT2D eigenvalue weighted by Gasteiger charge is 2.49. The van der Waals surface area contributed by atoms with Gasteiger partial charge in [-0.15, -0.1) is 0 Å². The summed E-state index contributed by atoms with van der Waals surface area (Å²) in [6.45, 7) is 12.6. The Morgan fingerprint density at radius 1 is 1.32 bits per heavy atom. The molecule has 0 spiro atoms. The minimum absolute atomic E-state index is 0.213. The number of rotatable bonds is 4. The maximum Gasteiger partial charge on any atom is 0.342 e. The molecule has 0 unspecified atom stereocenters. The number of hydrogen-bond acceptors (Lipinski definition) is 5. The van der Waals surface area contributed by atoms with Crippen molar-refractivity contribution in [2.24, 2.45) is 10.8 Å². The summed E-state index contributed by atoms with van der Waals surface area (Å²) in [4.78, 5) is 15.1. The van der Waals surface area contributed by atoms with E-state index in [9.17, 15) is 9.90 Å². The van der Waals surface area contributed by atoms with Gasteiger partial charge in [-0.25, -0.2) is 4.79 Å². The number of carbonyl (C=O) groups is 1. The first kappa shape index (κ1) is 19.3. The molecule has 2 atom stereocenters. The number of hydrogen-bond donors (Lipinski definition) is 1. The molecule has 0 amide bonds. The van der Waals surface area contributed by atoms with Crippen molar-refractivity contribution < 1.29 is 19.1 Å². The molecule has 2 aliphatic rings. The molecule has 0 radical (unpaired) electrons. The molecule has 4 rings (SSSR count). The maximum absolute atomic E-state index is 12.6. The van der Waals surface area contributed by atoms with Crippen LogP contribution in [0.3, 0.4) is 0 Å². The maximum atomic E-state index is 12.6. The molecule has 1 saturated heterocycles. The Kier molecular flexibility index (Phi) is 4.49. The Balaban J connectivity index is 1.75. The van der Waals surface area contributed by atoms with Crippen molar-refractivity contribution in [2.45, 2.75) is 66.5 Å². The molecule has 2 heterocycles. The lowest BCUT2D eigenvalue weighted by Gasteiger charge is -2.40. The number of aromatic hydroxyl groups is 1. The van der Waals surface area contributed by atoms with E-state index < -0.39 is 0 Å². The van der Waals surface area contributed by atoms with Crippen LogP contribution in [0.4, 0.5) is 0 Å². The van der Waals surface area contributed by atoms with Crippen LogP contribution in [0, 0.1) is 17.8 Å². The average molecular weight is 386 g/mol. The van der Waals surface area contributed by atoms with Crippen molar-refractivity contribution >= 4 is 16.9 Å². The lowest BCUT2D eigenvalue weighted by Crippen LogP contribution is -2.34. The molecule has 5 heteroatoms. The summed E-state index contributed by atoms with van der Waals surface area (Å²) in [6.07, 6.45) is 3.58. The monoisotopic (exact) mass is 385 g/mol. The van der Waals surface area contributed by atoms with Gasteiger partial charge in [-0.1, -0.05) is 20.8 Å². The summed E-state index contributed by atoms with van der Waals surface area (Å²) < 4.78 is 11.1. The summed E-state index contributed by atoms with van der Waals surface area (Å²) in [5, 5.41) is 11.4. The van der Waals surface area contributed by atoms with E-state index in [0.29, 0.717) is 52.3 Å². The van der Waals surface area contributed by atoms with Crippen LogP contribution in [-0.2, 0) is 11.3 Å². The molecule has 2 aromatic rings. The standard InChI is InChI=1S/C23H31NO4/c1-6-27-21(26)19-14(2)28-18-8-7-17(25)16(20(18)19)11-24-13-23(5)10-15(24)9-22(3,4)12-23/h7-8,15,25H,6,9-13H2,1-5H3/t15-,23+/m0/s1. The van der Waals surface area contributed by atoms with E-state index in [1.807, 2.05) is 0 Å². The van der Waals surface area contributed by atoms with Gasteiger partial charge >= 0.3 is 5.97 Å². The molecule has 2 bridgehead atoms. The number of carbonyl (C=O) groups excluding carboxylic acids is 1. The second kappa shape index (κ2) is 6.51. The van der Waals surface area contributed by atoms with Gasteiger partial charge in [0.2, 0.25) is 0 Å². The van der Waals surface area contributed by atoms with Gasteiger partial charge in [0.25, 0.3) is 0 Å². The fraction of sp³-hybridized carbons (Fsp3) is 0.609. The molecule has 1 aliphatic carbocycles. The van der Waals surface area contributed by atoms with Gasteiger partial charge in [0.1, 0.15) is 22.7 Å². The fourth-order valence-electron chi connectivity index (χ4n) is 5.94. The van der Waals surface area contributed by atoms with Crippen LogP contribution < -0.4 is 0 Å². The molecule has 1 aromatic heterocycles. The number of fused-ring (bicyclic) bond motifs is 3. The van der Waals surface area contributed by atoms with Gasteiger partial charge in [-0.2, -0.15) is 0 Å². The zero-order valence-electron chi connectivity index (χ0n) is 17.6. The Morgan fingerprint density at radius 3 is 2.79 bits per heavy atom. The lowest BCUT2D eigenvalue weighted by atomic mass is 9.65. The summed E-state index contributed by atoms with van der Waals surface area (Å²) in [5.74, 6) is 0.358. The molecule has 1 saturated carbocycles. The van der Waals surface area contributed by atoms with E-state index in [1.165, 1.54) is 12.8 Å². The minimum Gasteiger partial charge on any atom is -0.508 e. The van der Waals surface area contributed by atoms with Crippen LogP contribution in [0.25, 0.3) is 11.0 Å². The zero-order valence-corrected chi connectivity index (χ0v) is 17.6. The minimum atomic E-state index is -0.390. The van der Waals surface area contributed by atoms with Crippen LogP contribution in [0.2, 0.25) is 0 Å². The molecule has 152 valence electrons. The third kappa shape index (κ3) is 3.20. The van der Waals surface area contributed by atoms with Gasteiger partial charge in [0.15, 0.2) is 0 Å². The molecular weight excluding hydrogens is 354 g/mol. The van der Waals surface area contributed by atoms with Gasteiger partial charge < -0.3 is 14.3 Å². The summed E-state index contributed by atoms with van der Waals surface area (Å²) >= 11 is 0. The highest BCUT2D eigenvalue weighted by molar-refractivity contribution is 6.06. The third-order valence-electron chi connectivity index (χ3n) is 6.48. The quantitative estimate of drug-likeness (QED) is 0.749. The van der Waals surface area contributed by atoms with Crippen LogP contribution in [0.5, 0.6) is 5.75 Å². The predicted molar refractivity (Wildman–Crippen MR) is 109 cm³/mol. The second-order valence-corrected chi connectivity index (χ2v) is 9.81. The number of phenols is 1. The number of benzene rings is 1. The number of aryl methyl sites for hydroxylation is 1. The summed E-state index contributed by atoms with van der Waals surface area (Å²) in [6, 6.07) is 3.91. The topological polar surface area (TPSA) is 62.9 Å². The first-order chi connectivity index (χ1) is 13.1. The largest absolute Gasteiger partial charge is 0.508 e. The highest BCUT2D eigenvalue weighted by Crippen LogP contribution is 2.53. The zero-order chi connectivity index (χ0) is 20.3. The van der Waals surface area contributed by atoms with E-state index in [1.54, 1.807) is 26.0 Å². The van der Waals surface area contributed by atoms with Crippen LogP contribution >= 0.6 is 0 Å². The molecule has 5 nitrogen and oxygen atoms in total. The number of esters is 1. The lowest BCUT2D eigenvalue weighted by molar-refractivity contribution is 0.0526. The van der Waals surface area contributed by atoms with Crippen LogP contribution in [-0.4, -0.2) is 35.2 Å². The molecule has 1 aliphatic heterocycles. The number of likely N-dealkylation sites (tertiary alicyclic amines) is 1. The SMILES string of the molecule is CCOC(=O)c1c(C)oc2ccc(O)c(CN3C[C@]4(C)C[C@@H]3CC(C)(C)C4)c12. The molecule has 1 aromatic carbocycles. The van der Waals surface area contributed by atoms with Gasteiger partial charge in [-0.3, -0.25) is 4.90 Å². The van der Waals surface area contributed by atoms with Crippen molar-refractivity contribution in [2.75, 3.05) is 13.2 Å². The first-order valence-electron chi connectivity index (χ1n) is 10.3. The number of nitrogens with zero attached hydrogens (tertiary/aromatic N) is 1. The van der Waals surface area contributed by atoms with E-state index in [4.69, 9.17) is 9.15 Å². The normalized spacial score (nSPS) is 26.7. The second-order valence-electron chi connectivity index (χ2n) is 9.81. The molecular formula is C23H31NO4. The Morgan fingerprint density at radius 2 is 2.07 bits per heavy atom. The molecule has 1 N–H and O–H groups in total. The van der Waals surface area contributed by atoms with E-state index >= 15 is 0 Å². The summed E-state index contributed by atoms with van der Waals surface area (Å²) in [5.41, 5.74) is 2.49. The fourth-order valence-corrected chi connectivity index (χ4v) is 5.94. The average Bonchev–Trinajstić information content (AvgIpc) is 3.02. The van der Waals surface area contributed by atoms with E-state index in [-0.39, 0.29) is 11.7 Å².